The van der Waals surface area contributed by atoms with Gasteiger partial charge in [-0.3, -0.25) is 4.79 Å². The molecule has 2 aromatic carbocycles. The molecule has 3 heteroatoms. The van der Waals surface area contributed by atoms with E-state index in [4.69, 9.17) is 9.15 Å². The van der Waals surface area contributed by atoms with Gasteiger partial charge in [0.2, 0.25) is 5.43 Å². The summed E-state index contributed by atoms with van der Waals surface area (Å²) in [4.78, 5) is 12.6. The van der Waals surface area contributed by atoms with Crippen LogP contribution in [-0.2, 0) is 0 Å². The minimum atomic E-state index is -0.00597. The van der Waals surface area contributed by atoms with Gasteiger partial charge in [0.25, 0.3) is 0 Å². The molecule has 0 saturated heterocycles. The molecule has 0 amide bonds. The molecule has 20 heavy (non-hydrogen) atoms. The van der Waals surface area contributed by atoms with Gasteiger partial charge in [-0.25, -0.2) is 0 Å². The van der Waals surface area contributed by atoms with E-state index in [1.165, 1.54) is 0 Å². The van der Waals surface area contributed by atoms with Crippen molar-refractivity contribution in [1.82, 2.24) is 0 Å². The van der Waals surface area contributed by atoms with Gasteiger partial charge >= 0.3 is 0 Å². The van der Waals surface area contributed by atoms with Crippen LogP contribution >= 0.6 is 0 Å². The first-order valence-corrected chi connectivity index (χ1v) is 6.69. The van der Waals surface area contributed by atoms with Crippen LogP contribution in [-0.4, -0.2) is 6.10 Å². The number of para-hydroxylation sites is 1. The van der Waals surface area contributed by atoms with Crippen molar-refractivity contribution in [2.24, 2.45) is 0 Å². The zero-order valence-electron chi connectivity index (χ0n) is 11.8. The highest BCUT2D eigenvalue weighted by atomic mass is 16.5. The summed E-state index contributed by atoms with van der Waals surface area (Å²) in [7, 11) is 0. The summed E-state index contributed by atoms with van der Waals surface area (Å²) >= 11 is 0. The third-order valence-corrected chi connectivity index (χ3v) is 3.26. The predicted molar refractivity (Wildman–Crippen MR) is 80.5 cm³/mol. The molecule has 1 heterocycles. The maximum atomic E-state index is 12.6. The van der Waals surface area contributed by atoms with E-state index in [-0.39, 0.29) is 11.5 Å². The van der Waals surface area contributed by atoms with Crippen LogP contribution in [0.15, 0.2) is 45.6 Å². The molecule has 0 atom stereocenters. The maximum absolute atomic E-state index is 12.6. The lowest BCUT2D eigenvalue weighted by molar-refractivity contribution is 0.242. The Morgan fingerprint density at radius 2 is 1.85 bits per heavy atom. The SMILES string of the molecule is Cc1ccc(OC(C)C)c2oc3ccccc3c(=O)c12. The lowest BCUT2D eigenvalue weighted by Crippen LogP contribution is -2.09. The highest BCUT2D eigenvalue weighted by molar-refractivity contribution is 5.94. The zero-order valence-corrected chi connectivity index (χ0v) is 11.8. The van der Waals surface area contributed by atoms with E-state index in [0.717, 1.165) is 5.56 Å². The largest absolute Gasteiger partial charge is 0.487 e. The Hall–Kier alpha value is -2.29. The third-order valence-electron chi connectivity index (χ3n) is 3.26. The Morgan fingerprint density at radius 3 is 2.60 bits per heavy atom. The van der Waals surface area contributed by atoms with Crippen molar-refractivity contribution in [1.29, 1.82) is 0 Å². The third kappa shape index (κ3) is 1.95. The second-order valence-electron chi connectivity index (χ2n) is 5.18. The first kappa shape index (κ1) is 12.7. The highest BCUT2D eigenvalue weighted by Gasteiger charge is 2.14. The summed E-state index contributed by atoms with van der Waals surface area (Å²) in [5.41, 5.74) is 2.01. The van der Waals surface area contributed by atoms with Gasteiger partial charge in [0.05, 0.1) is 16.9 Å². The van der Waals surface area contributed by atoms with Crippen LogP contribution in [0.5, 0.6) is 5.75 Å². The minimum absolute atomic E-state index is 0.00597. The first-order chi connectivity index (χ1) is 9.58. The molecule has 3 nitrogen and oxygen atoms in total. The van der Waals surface area contributed by atoms with Gasteiger partial charge in [-0.1, -0.05) is 18.2 Å². The molecule has 102 valence electrons. The summed E-state index contributed by atoms with van der Waals surface area (Å²) in [6.07, 6.45) is 0.0256. The van der Waals surface area contributed by atoms with Crippen molar-refractivity contribution in [2.75, 3.05) is 0 Å². The molecule has 3 rings (SSSR count). The second-order valence-corrected chi connectivity index (χ2v) is 5.18. The number of hydrogen-bond acceptors (Lipinski definition) is 3. The molecule has 0 aliphatic heterocycles. The molecule has 0 saturated carbocycles. The number of benzene rings is 2. The molecule has 0 spiro atoms. The fraction of sp³-hybridized carbons (Fsp3) is 0.235. The molecule has 0 N–H and O–H groups in total. The smallest absolute Gasteiger partial charge is 0.200 e. The van der Waals surface area contributed by atoms with Crippen LogP contribution in [0.2, 0.25) is 0 Å². The van der Waals surface area contributed by atoms with Crippen molar-refractivity contribution in [2.45, 2.75) is 26.9 Å². The molecule has 1 aromatic heterocycles. The van der Waals surface area contributed by atoms with Gasteiger partial charge in [-0.05, 0) is 44.5 Å². The average Bonchev–Trinajstić information content (AvgIpc) is 2.42. The summed E-state index contributed by atoms with van der Waals surface area (Å²) in [6, 6.07) is 11.0. The van der Waals surface area contributed by atoms with Gasteiger partial charge in [-0.15, -0.1) is 0 Å². The van der Waals surface area contributed by atoms with Crippen molar-refractivity contribution in [3.8, 4) is 5.75 Å². The maximum Gasteiger partial charge on any atom is 0.200 e. The number of rotatable bonds is 2. The second kappa shape index (κ2) is 4.67. The lowest BCUT2D eigenvalue weighted by Gasteiger charge is -2.13. The molecule has 0 aliphatic carbocycles. The van der Waals surface area contributed by atoms with E-state index in [9.17, 15) is 4.79 Å². The van der Waals surface area contributed by atoms with E-state index in [1.807, 2.05) is 45.0 Å². The number of ether oxygens (including phenoxy) is 1. The van der Waals surface area contributed by atoms with E-state index in [0.29, 0.717) is 27.7 Å². The van der Waals surface area contributed by atoms with E-state index in [2.05, 4.69) is 0 Å². The summed E-state index contributed by atoms with van der Waals surface area (Å²) < 4.78 is 11.7. The summed E-state index contributed by atoms with van der Waals surface area (Å²) in [5.74, 6) is 0.614. The predicted octanol–water partition coefficient (Wildman–Crippen LogP) is 4.04. The topological polar surface area (TPSA) is 39.4 Å². The molecule has 3 aromatic rings. The van der Waals surface area contributed by atoms with Gasteiger partial charge < -0.3 is 9.15 Å². The Balaban J connectivity index is 2.46. The zero-order chi connectivity index (χ0) is 14.3. The van der Waals surface area contributed by atoms with E-state index < -0.39 is 0 Å². The molecule has 0 radical (unpaired) electrons. The van der Waals surface area contributed by atoms with Crippen LogP contribution in [0.3, 0.4) is 0 Å². The quantitative estimate of drug-likeness (QED) is 0.658. The molecule has 0 unspecified atom stereocenters. The average molecular weight is 268 g/mol. The van der Waals surface area contributed by atoms with Crippen LogP contribution in [0, 0.1) is 6.92 Å². The van der Waals surface area contributed by atoms with Gasteiger partial charge in [0, 0.05) is 0 Å². The summed E-state index contributed by atoms with van der Waals surface area (Å²) in [5, 5.41) is 1.20. The lowest BCUT2D eigenvalue weighted by atomic mass is 10.1. The fourth-order valence-electron chi connectivity index (χ4n) is 2.38. The highest BCUT2D eigenvalue weighted by Crippen LogP contribution is 2.29. The normalized spacial score (nSPS) is 11.4. The number of hydrogen-bond donors (Lipinski definition) is 0. The van der Waals surface area contributed by atoms with Crippen molar-refractivity contribution in [3.63, 3.8) is 0 Å². The molecular formula is C17H16O3. The first-order valence-electron chi connectivity index (χ1n) is 6.69. The molecule has 0 fully saturated rings. The van der Waals surface area contributed by atoms with E-state index in [1.54, 1.807) is 12.1 Å². The van der Waals surface area contributed by atoms with Crippen LogP contribution in [0.4, 0.5) is 0 Å². The fourth-order valence-corrected chi connectivity index (χ4v) is 2.38. The minimum Gasteiger partial charge on any atom is -0.487 e. The van der Waals surface area contributed by atoms with Gasteiger partial charge in [-0.2, -0.15) is 0 Å². The van der Waals surface area contributed by atoms with Crippen molar-refractivity contribution >= 4 is 21.9 Å². The summed E-state index contributed by atoms with van der Waals surface area (Å²) in [6.45, 7) is 5.81. The Bertz CT molecular complexity index is 844. The number of aryl methyl sites for hydroxylation is 1. The van der Waals surface area contributed by atoms with Crippen LogP contribution in [0.1, 0.15) is 19.4 Å². The molecular weight excluding hydrogens is 252 g/mol. The standard InChI is InChI=1S/C17H16O3/c1-10(2)19-14-9-8-11(3)15-16(18)12-6-4-5-7-13(12)20-17(14)15/h4-10H,1-3H3. The van der Waals surface area contributed by atoms with Gasteiger partial charge in [0.1, 0.15) is 5.58 Å². The number of fused-ring (bicyclic) bond motifs is 2. The van der Waals surface area contributed by atoms with Crippen molar-refractivity contribution in [3.05, 3.63) is 52.2 Å². The van der Waals surface area contributed by atoms with Crippen LogP contribution < -0.4 is 10.2 Å². The van der Waals surface area contributed by atoms with E-state index >= 15 is 0 Å². The van der Waals surface area contributed by atoms with Crippen LogP contribution in [0.25, 0.3) is 21.9 Å². The monoisotopic (exact) mass is 268 g/mol. The Labute approximate surface area is 116 Å². The Morgan fingerprint density at radius 1 is 1.10 bits per heavy atom. The van der Waals surface area contributed by atoms with Crippen molar-refractivity contribution < 1.29 is 9.15 Å². The molecule has 0 bridgehead atoms. The molecule has 0 aliphatic rings. The Kier molecular flexibility index (Phi) is 2.97. The van der Waals surface area contributed by atoms with Gasteiger partial charge in [0.15, 0.2) is 11.3 Å².